The lowest BCUT2D eigenvalue weighted by Gasteiger charge is -2.30. The average Bonchev–Trinajstić information content (AvgIpc) is 2.46. The summed E-state index contributed by atoms with van der Waals surface area (Å²) in [7, 11) is 2.22. The first kappa shape index (κ1) is 10.4. The zero-order chi connectivity index (χ0) is 9.97. The quantitative estimate of drug-likeness (QED) is 0.664. The van der Waals surface area contributed by atoms with Crippen LogP contribution in [0.1, 0.15) is 25.7 Å². The highest BCUT2D eigenvalue weighted by Gasteiger charge is 2.29. The second-order valence-electron chi connectivity index (χ2n) is 4.85. The van der Waals surface area contributed by atoms with Gasteiger partial charge in [0.15, 0.2) is 0 Å². The Labute approximate surface area is 87.2 Å². The van der Waals surface area contributed by atoms with Gasteiger partial charge in [-0.25, -0.2) is 0 Å². The smallest absolute Gasteiger partial charge is 0.0247 e. The van der Waals surface area contributed by atoms with Gasteiger partial charge in [-0.1, -0.05) is 6.42 Å². The van der Waals surface area contributed by atoms with Crippen molar-refractivity contribution >= 4 is 0 Å². The fraction of sp³-hybridized carbons (Fsp3) is 1.00. The van der Waals surface area contributed by atoms with Crippen LogP contribution >= 0.6 is 0 Å². The van der Waals surface area contributed by atoms with Gasteiger partial charge in [0.2, 0.25) is 0 Å². The van der Waals surface area contributed by atoms with E-state index >= 15 is 0 Å². The lowest BCUT2D eigenvalue weighted by molar-refractivity contribution is 0.191. The van der Waals surface area contributed by atoms with Crippen LogP contribution in [0.2, 0.25) is 0 Å². The van der Waals surface area contributed by atoms with Crippen LogP contribution in [-0.2, 0) is 0 Å². The van der Waals surface area contributed by atoms with Gasteiger partial charge < -0.3 is 10.6 Å². The minimum absolute atomic E-state index is 0.443. The van der Waals surface area contributed by atoms with Crippen molar-refractivity contribution in [2.45, 2.75) is 37.8 Å². The second-order valence-corrected chi connectivity index (χ2v) is 4.85. The molecule has 0 aromatic heterocycles. The molecule has 2 rings (SSSR count). The number of likely N-dealkylation sites (N-methyl/N-ethyl adjacent to an activating group) is 1. The summed E-state index contributed by atoms with van der Waals surface area (Å²) >= 11 is 0. The van der Waals surface area contributed by atoms with E-state index in [-0.39, 0.29) is 0 Å². The molecule has 14 heavy (non-hydrogen) atoms. The molecule has 2 atom stereocenters. The predicted molar refractivity (Wildman–Crippen MR) is 59.3 cm³/mol. The third-order valence-corrected chi connectivity index (χ3v) is 3.75. The van der Waals surface area contributed by atoms with Gasteiger partial charge in [-0.3, -0.25) is 4.90 Å². The van der Waals surface area contributed by atoms with E-state index in [9.17, 15) is 0 Å². The first-order chi connectivity index (χ1) is 6.77. The van der Waals surface area contributed by atoms with Gasteiger partial charge in [0.05, 0.1) is 0 Å². The Morgan fingerprint density at radius 3 is 2.57 bits per heavy atom. The van der Waals surface area contributed by atoms with Crippen molar-refractivity contribution in [2.24, 2.45) is 5.73 Å². The van der Waals surface area contributed by atoms with Gasteiger partial charge in [0.25, 0.3) is 0 Å². The molecule has 2 N–H and O–H groups in total. The van der Waals surface area contributed by atoms with Crippen LogP contribution in [0.4, 0.5) is 0 Å². The van der Waals surface area contributed by atoms with Gasteiger partial charge in [0, 0.05) is 25.2 Å². The van der Waals surface area contributed by atoms with E-state index in [2.05, 4.69) is 16.8 Å². The standard InChI is InChI=1S/C11H23N3/c1-13-6-3-7-14(9-8-13)11-5-2-4-10(11)12/h10-11H,2-9,12H2,1H3. The Morgan fingerprint density at radius 1 is 1.00 bits per heavy atom. The monoisotopic (exact) mass is 197 g/mol. The van der Waals surface area contributed by atoms with Crippen LogP contribution in [0.25, 0.3) is 0 Å². The maximum Gasteiger partial charge on any atom is 0.0247 e. The van der Waals surface area contributed by atoms with Gasteiger partial charge in [-0.2, -0.15) is 0 Å². The van der Waals surface area contributed by atoms with E-state index < -0.39 is 0 Å². The molecule has 1 heterocycles. The van der Waals surface area contributed by atoms with Crippen molar-refractivity contribution < 1.29 is 0 Å². The fourth-order valence-electron chi connectivity index (χ4n) is 2.82. The first-order valence-electron chi connectivity index (χ1n) is 5.95. The second kappa shape index (κ2) is 4.60. The van der Waals surface area contributed by atoms with Crippen LogP contribution < -0.4 is 5.73 Å². The molecule has 82 valence electrons. The molecule has 3 heteroatoms. The molecular formula is C11H23N3. The minimum Gasteiger partial charge on any atom is -0.326 e. The number of nitrogens with zero attached hydrogens (tertiary/aromatic N) is 2. The Morgan fingerprint density at radius 2 is 1.86 bits per heavy atom. The summed E-state index contributed by atoms with van der Waals surface area (Å²) in [5.41, 5.74) is 6.14. The maximum atomic E-state index is 6.14. The number of hydrogen-bond acceptors (Lipinski definition) is 3. The molecule has 3 nitrogen and oxygen atoms in total. The van der Waals surface area contributed by atoms with Crippen LogP contribution in [0, 0.1) is 0 Å². The van der Waals surface area contributed by atoms with E-state index in [0.29, 0.717) is 12.1 Å². The molecule has 2 unspecified atom stereocenters. The molecule has 0 aromatic carbocycles. The average molecular weight is 197 g/mol. The van der Waals surface area contributed by atoms with Crippen molar-refractivity contribution in [3.05, 3.63) is 0 Å². The molecular weight excluding hydrogens is 174 g/mol. The van der Waals surface area contributed by atoms with Crippen molar-refractivity contribution in [3.8, 4) is 0 Å². The molecule has 2 aliphatic rings. The Balaban J connectivity index is 1.90. The summed E-state index contributed by atoms with van der Waals surface area (Å²) in [5.74, 6) is 0. The molecule has 1 saturated carbocycles. The van der Waals surface area contributed by atoms with E-state index in [1.807, 2.05) is 0 Å². The molecule has 1 aliphatic heterocycles. The number of hydrogen-bond donors (Lipinski definition) is 1. The normalized spacial score (nSPS) is 37.3. The number of rotatable bonds is 1. The largest absolute Gasteiger partial charge is 0.326 e. The SMILES string of the molecule is CN1CCCN(C2CCCC2N)CC1. The van der Waals surface area contributed by atoms with Gasteiger partial charge in [-0.05, 0) is 39.4 Å². The highest BCUT2D eigenvalue weighted by Crippen LogP contribution is 2.23. The van der Waals surface area contributed by atoms with E-state index in [4.69, 9.17) is 5.73 Å². The lowest BCUT2D eigenvalue weighted by atomic mass is 10.1. The van der Waals surface area contributed by atoms with E-state index in [1.54, 1.807) is 0 Å². The van der Waals surface area contributed by atoms with Crippen LogP contribution in [-0.4, -0.2) is 55.1 Å². The highest BCUT2D eigenvalue weighted by atomic mass is 15.2. The highest BCUT2D eigenvalue weighted by molar-refractivity contribution is 4.89. The van der Waals surface area contributed by atoms with Crippen molar-refractivity contribution in [2.75, 3.05) is 33.2 Å². The van der Waals surface area contributed by atoms with Crippen LogP contribution in [0.3, 0.4) is 0 Å². The van der Waals surface area contributed by atoms with E-state index in [0.717, 1.165) is 0 Å². The van der Waals surface area contributed by atoms with Crippen molar-refractivity contribution in [1.82, 2.24) is 9.80 Å². The van der Waals surface area contributed by atoms with Crippen molar-refractivity contribution in [1.29, 1.82) is 0 Å². The molecule has 0 amide bonds. The zero-order valence-electron chi connectivity index (χ0n) is 9.28. The van der Waals surface area contributed by atoms with Crippen molar-refractivity contribution in [3.63, 3.8) is 0 Å². The van der Waals surface area contributed by atoms with Crippen LogP contribution in [0.5, 0.6) is 0 Å². The van der Waals surface area contributed by atoms with Gasteiger partial charge in [-0.15, -0.1) is 0 Å². The summed E-state index contributed by atoms with van der Waals surface area (Å²) in [6.07, 6.45) is 5.19. The van der Waals surface area contributed by atoms with Gasteiger partial charge >= 0.3 is 0 Å². The van der Waals surface area contributed by atoms with E-state index in [1.165, 1.54) is 51.9 Å². The molecule has 2 fully saturated rings. The van der Waals surface area contributed by atoms with Crippen LogP contribution in [0.15, 0.2) is 0 Å². The fourth-order valence-corrected chi connectivity index (χ4v) is 2.82. The summed E-state index contributed by atoms with van der Waals surface area (Å²) in [6, 6.07) is 1.12. The molecule has 0 bridgehead atoms. The topological polar surface area (TPSA) is 32.5 Å². The lowest BCUT2D eigenvalue weighted by Crippen LogP contribution is -2.45. The third kappa shape index (κ3) is 2.27. The molecule has 0 aromatic rings. The molecule has 0 spiro atoms. The first-order valence-corrected chi connectivity index (χ1v) is 5.95. The maximum absolute atomic E-state index is 6.14. The zero-order valence-corrected chi connectivity index (χ0v) is 9.28. The molecule has 1 saturated heterocycles. The Hall–Kier alpha value is -0.120. The summed E-state index contributed by atoms with van der Waals surface area (Å²) < 4.78 is 0. The summed E-state index contributed by atoms with van der Waals surface area (Å²) in [6.45, 7) is 4.93. The Bertz CT molecular complexity index is 183. The Kier molecular flexibility index (Phi) is 3.42. The summed E-state index contributed by atoms with van der Waals surface area (Å²) in [5, 5.41) is 0. The number of nitrogens with two attached hydrogens (primary N) is 1. The third-order valence-electron chi connectivity index (χ3n) is 3.75. The molecule has 0 radical (unpaired) electrons. The summed E-state index contributed by atoms with van der Waals surface area (Å²) in [4.78, 5) is 5.06. The minimum atomic E-state index is 0.443. The van der Waals surface area contributed by atoms with Gasteiger partial charge in [0.1, 0.15) is 0 Å². The predicted octanol–water partition coefficient (Wildman–Crippen LogP) is 0.504. The molecule has 1 aliphatic carbocycles.